The minimum Gasteiger partial charge on any atom is -0.494 e. The van der Waals surface area contributed by atoms with Crippen molar-refractivity contribution in [1.82, 2.24) is 4.57 Å². The highest BCUT2D eigenvalue weighted by atomic mass is 28.4. The van der Waals surface area contributed by atoms with Crippen LogP contribution < -0.4 is 0 Å². The molecule has 11 heteroatoms. The number of alkyl halides is 3. The Morgan fingerprint density at radius 2 is 1.81 bits per heavy atom. The molecule has 2 aliphatic rings. The van der Waals surface area contributed by atoms with Gasteiger partial charge in [0.25, 0.3) is 0 Å². The molecule has 1 saturated heterocycles. The zero-order chi connectivity index (χ0) is 27.1. The molecule has 1 fully saturated rings. The van der Waals surface area contributed by atoms with Crippen molar-refractivity contribution in [3.05, 3.63) is 46.3 Å². The van der Waals surface area contributed by atoms with Crippen LogP contribution in [0.5, 0.6) is 11.8 Å². The summed E-state index contributed by atoms with van der Waals surface area (Å²) in [5, 5.41) is 33.2. The van der Waals surface area contributed by atoms with Crippen LogP contribution in [0.4, 0.5) is 18.9 Å². The van der Waals surface area contributed by atoms with Crippen LogP contribution in [0.25, 0.3) is 10.5 Å². The first kappa shape index (κ1) is 26.5. The molecule has 196 valence electrons. The van der Waals surface area contributed by atoms with Crippen molar-refractivity contribution in [2.75, 3.05) is 6.61 Å². The molecule has 1 aromatic heterocycles. The molecular weight excluding hydrogens is 493 g/mol. The van der Waals surface area contributed by atoms with E-state index in [2.05, 4.69) is 38.7 Å². The second-order valence-electron chi connectivity index (χ2n) is 11.3. The molecule has 0 saturated carbocycles. The van der Waals surface area contributed by atoms with Crippen LogP contribution in [0.15, 0.2) is 18.2 Å². The molecule has 2 unspecified atom stereocenters. The lowest BCUT2D eigenvalue weighted by Crippen LogP contribution is -2.42. The Bertz CT molecular complexity index is 1260. The molecule has 3 N–H and O–H groups in total. The van der Waals surface area contributed by atoms with E-state index >= 15 is 0 Å². The maximum Gasteiger partial charge on any atom is 0.407 e. The Labute approximate surface area is 209 Å². The molecule has 7 nitrogen and oxygen atoms in total. The molecule has 3 atom stereocenters. The van der Waals surface area contributed by atoms with Gasteiger partial charge in [0.05, 0.1) is 35.1 Å². The first-order valence-corrected chi connectivity index (χ1v) is 14.6. The topological polar surface area (TPSA) is 88.4 Å². The SMILES string of the molecule is [C-]#[N+]c1ccc(-n2c(O)c3c(c2O)C2(C)OC3(CCO[Si](C)(C)C(C)(C)C)C[C@H]2O)cc1C(F)(F)F. The van der Waals surface area contributed by atoms with Crippen molar-refractivity contribution >= 4 is 14.0 Å². The van der Waals surface area contributed by atoms with Gasteiger partial charge in [-0.25, -0.2) is 4.85 Å². The van der Waals surface area contributed by atoms with Crippen LogP contribution in [0.3, 0.4) is 0 Å². The van der Waals surface area contributed by atoms with Crippen LogP contribution in [0, 0.1) is 6.57 Å². The number of hydrogen-bond donors (Lipinski definition) is 3. The van der Waals surface area contributed by atoms with Gasteiger partial charge in [-0.05, 0) is 37.2 Å². The minimum absolute atomic E-state index is 0.0342. The summed E-state index contributed by atoms with van der Waals surface area (Å²) in [7, 11) is -2.11. The number of aliphatic hydroxyl groups excluding tert-OH is 1. The van der Waals surface area contributed by atoms with Gasteiger partial charge in [0, 0.05) is 19.4 Å². The summed E-state index contributed by atoms with van der Waals surface area (Å²) in [5.41, 5.74) is -4.07. The van der Waals surface area contributed by atoms with Crippen molar-refractivity contribution in [2.24, 2.45) is 0 Å². The number of fused-ring (bicyclic) bond motifs is 5. The Morgan fingerprint density at radius 3 is 2.36 bits per heavy atom. The van der Waals surface area contributed by atoms with E-state index in [1.165, 1.54) is 6.07 Å². The second-order valence-corrected chi connectivity index (χ2v) is 16.1. The molecule has 4 rings (SSSR count). The molecule has 0 aliphatic carbocycles. The molecule has 0 amide bonds. The molecule has 36 heavy (non-hydrogen) atoms. The highest BCUT2D eigenvalue weighted by Gasteiger charge is 2.66. The van der Waals surface area contributed by atoms with E-state index in [-0.39, 0.29) is 41.3 Å². The number of nitrogens with zero attached hydrogens (tertiary/aromatic N) is 2. The molecule has 3 heterocycles. The molecular formula is C25H31F3N2O5Si. The van der Waals surface area contributed by atoms with E-state index in [1.54, 1.807) is 6.92 Å². The van der Waals surface area contributed by atoms with Gasteiger partial charge in [0.15, 0.2) is 14.0 Å². The number of hydrogen-bond acceptors (Lipinski definition) is 5. The number of benzene rings is 1. The van der Waals surface area contributed by atoms with Crippen LogP contribution in [-0.2, 0) is 26.5 Å². The van der Waals surface area contributed by atoms with Crippen molar-refractivity contribution in [2.45, 2.75) is 82.2 Å². The number of ether oxygens (including phenoxy) is 1. The molecule has 2 aliphatic heterocycles. The number of aromatic nitrogens is 1. The summed E-state index contributed by atoms with van der Waals surface area (Å²) in [4.78, 5) is 2.94. The minimum atomic E-state index is -4.80. The van der Waals surface area contributed by atoms with Crippen molar-refractivity contribution in [3.63, 3.8) is 0 Å². The second kappa shape index (κ2) is 7.99. The van der Waals surface area contributed by atoms with Crippen molar-refractivity contribution in [1.29, 1.82) is 0 Å². The monoisotopic (exact) mass is 524 g/mol. The van der Waals surface area contributed by atoms with E-state index in [9.17, 15) is 28.5 Å². The zero-order valence-corrected chi connectivity index (χ0v) is 22.1. The summed E-state index contributed by atoms with van der Waals surface area (Å²) >= 11 is 0. The summed E-state index contributed by atoms with van der Waals surface area (Å²) < 4.78 is 54.2. The normalized spacial score (nSPS) is 25.8. The van der Waals surface area contributed by atoms with Crippen molar-refractivity contribution < 1.29 is 37.7 Å². The summed E-state index contributed by atoms with van der Waals surface area (Å²) in [6, 6.07) is 2.95. The summed E-state index contributed by atoms with van der Waals surface area (Å²) in [6.45, 7) is 19.4. The van der Waals surface area contributed by atoms with Gasteiger partial charge in [-0.1, -0.05) is 26.8 Å². The Hall–Kier alpha value is -2.52. The maximum atomic E-state index is 13.6. The van der Waals surface area contributed by atoms with Crippen LogP contribution in [0.2, 0.25) is 18.1 Å². The van der Waals surface area contributed by atoms with Gasteiger partial charge in [-0.3, -0.25) is 4.57 Å². The van der Waals surface area contributed by atoms with E-state index in [0.29, 0.717) is 0 Å². The molecule has 0 radical (unpaired) electrons. The smallest absolute Gasteiger partial charge is 0.407 e. The number of rotatable bonds is 5. The summed E-state index contributed by atoms with van der Waals surface area (Å²) in [6.07, 6.45) is -5.39. The van der Waals surface area contributed by atoms with Gasteiger partial charge in [-0.15, -0.1) is 0 Å². The predicted octanol–water partition coefficient (Wildman–Crippen LogP) is 6.08. The predicted molar refractivity (Wildman–Crippen MR) is 129 cm³/mol. The Balaban J connectivity index is 1.80. The van der Waals surface area contributed by atoms with Gasteiger partial charge < -0.3 is 24.5 Å². The zero-order valence-electron chi connectivity index (χ0n) is 21.1. The molecule has 2 aromatic rings. The average molecular weight is 525 g/mol. The Morgan fingerprint density at radius 1 is 1.19 bits per heavy atom. The first-order valence-electron chi connectivity index (χ1n) is 11.7. The van der Waals surface area contributed by atoms with Crippen LogP contribution in [0.1, 0.15) is 57.2 Å². The van der Waals surface area contributed by atoms with E-state index < -0.39 is 54.8 Å². The van der Waals surface area contributed by atoms with Crippen LogP contribution in [-0.4, -0.2) is 40.9 Å². The van der Waals surface area contributed by atoms with E-state index in [0.717, 1.165) is 16.7 Å². The third kappa shape index (κ3) is 3.73. The lowest BCUT2D eigenvalue weighted by atomic mass is 9.76. The van der Waals surface area contributed by atoms with Gasteiger partial charge in [-0.2, -0.15) is 13.2 Å². The summed E-state index contributed by atoms with van der Waals surface area (Å²) in [5.74, 6) is -0.978. The quantitative estimate of drug-likeness (QED) is 0.326. The molecule has 0 spiro atoms. The fourth-order valence-electron chi connectivity index (χ4n) is 5.04. The first-order chi connectivity index (χ1) is 16.4. The maximum absolute atomic E-state index is 13.6. The lowest BCUT2D eigenvalue weighted by Gasteiger charge is -2.37. The van der Waals surface area contributed by atoms with Crippen molar-refractivity contribution in [3.8, 4) is 17.4 Å². The molecule has 1 aromatic carbocycles. The average Bonchev–Trinajstić information content (AvgIpc) is 3.27. The fourth-order valence-corrected chi connectivity index (χ4v) is 6.09. The Kier molecular flexibility index (Phi) is 5.89. The third-order valence-corrected chi connectivity index (χ3v) is 12.6. The third-order valence-electron chi connectivity index (χ3n) is 8.08. The van der Waals surface area contributed by atoms with Gasteiger partial charge >= 0.3 is 6.18 Å². The van der Waals surface area contributed by atoms with E-state index in [4.69, 9.17) is 15.7 Å². The lowest BCUT2D eigenvalue weighted by molar-refractivity contribution is -0.136. The van der Waals surface area contributed by atoms with Gasteiger partial charge in [0.1, 0.15) is 11.2 Å². The highest BCUT2D eigenvalue weighted by Crippen LogP contribution is 2.65. The van der Waals surface area contributed by atoms with E-state index in [1.807, 2.05) is 0 Å². The molecule has 2 bridgehead atoms. The number of aliphatic hydroxyl groups is 1. The number of aromatic hydroxyl groups is 2. The fraction of sp³-hybridized carbons (Fsp3) is 0.560. The standard InChI is InChI=1S/C25H31F3N2O5Si/c1-22(2,3)36(6,7)34-11-10-24-13-17(31)23(4,35-24)18-19(24)21(33)30(20(18)32)14-8-9-16(29-5)15(12-14)25(26,27)28/h8-9,12,17,31-33H,10-11,13H2,1-4,6-7H3/t17-,23?,24?/m1/s1. The highest BCUT2D eigenvalue weighted by molar-refractivity contribution is 6.74. The van der Waals surface area contributed by atoms with Crippen LogP contribution >= 0.6 is 0 Å². The van der Waals surface area contributed by atoms with Gasteiger partial charge in [0.2, 0.25) is 11.8 Å². The largest absolute Gasteiger partial charge is 0.494 e. The number of halogens is 3.